The fourth-order valence-electron chi connectivity index (χ4n) is 2.05. The molecule has 0 aliphatic carbocycles. The van der Waals surface area contributed by atoms with Gasteiger partial charge in [0.15, 0.2) is 0 Å². The Morgan fingerprint density at radius 2 is 1.94 bits per heavy atom. The molecular formula is C11H11BrClNO3S. The highest BCUT2D eigenvalue weighted by atomic mass is 79.9. The summed E-state index contributed by atoms with van der Waals surface area (Å²) in [6.45, 7) is 0.395. The highest BCUT2D eigenvalue weighted by Gasteiger charge is 2.33. The van der Waals surface area contributed by atoms with Crippen LogP contribution in [-0.4, -0.2) is 26.6 Å². The molecule has 0 unspecified atom stereocenters. The molecule has 0 saturated carbocycles. The molecule has 2 rings (SSSR count). The Balaban J connectivity index is 2.12. The summed E-state index contributed by atoms with van der Waals surface area (Å²) >= 11 is 3.32. The largest absolute Gasteiger partial charge is 0.312 e. The molecule has 18 heavy (non-hydrogen) atoms. The lowest BCUT2D eigenvalue weighted by atomic mass is 10.1. The average Bonchev–Trinajstić information content (AvgIpc) is 2.58. The lowest BCUT2D eigenvalue weighted by Gasteiger charge is -2.16. The van der Waals surface area contributed by atoms with Crippen LogP contribution in [0.1, 0.15) is 6.42 Å². The molecule has 0 bridgehead atoms. The highest BCUT2D eigenvalue weighted by molar-refractivity contribution is 9.10. The second-order valence-corrected chi connectivity index (χ2v) is 7.99. The monoisotopic (exact) mass is 351 g/mol. The Morgan fingerprint density at radius 3 is 2.50 bits per heavy atom. The van der Waals surface area contributed by atoms with Gasteiger partial charge in [-0.1, -0.05) is 15.9 Å². The first-order valence-corrected chi connectivity index (χ1v) is 8.60. The lowest BCUT2D eigenvalue weighted by molar-refractivity contribution is -0.117. The third-order valence-electron chi connectivity index (χ3n) is 2.78. The van der Waals surface area contributed by atoms with Crippen molar-refractivity contribution in [3.8, 4) is 0 Å². The molecule has 1 fully saturated rings. The fourth-order valence-corrected chi connectivity index (χ4v) is 3.63. The van der Waals surface area contributed by atoms with Crippen LogP contribution in [0.3, 0.4) is 0 Å². The first kappa shape index (κ1) is 13.8. The molecule has 1 heterocycles. The van der Waals surface area contributed by atoms with Crippen molar-refractivity contribution in [3.63, 3.8) is 0 Å². The lowest BCUT2D eigenvalue weighted by Crippen LogP contribution is -2.25. The maximum atomic E-state index is 11.8. The maximum Gasteiger partial charge on any atom is 0.232 e. The Labute approximate surface area is 118 Å². The number of carbonyl (C=O) groups is 1. The Bertz CT molecular complexity index is 558. The van der Waals surface area contributed by atoms with Crippen LogP contribution in [0.2, 0.25) is 0 Å². The molecule has 0 spiro atoms. The van der Waals surface area contributed by atoms with Crippen molar-refractivity contribution in [2.75, 3.05) is 17.2 Å². The molecule has 0 N–H and O–H groups in total. The third kappa shape index (κ3) is 3.46. The smallest absolute Gasteiger partial charge is 0.232 e. The first-order chi connectivity index (χ1) is 8.35. The van der Waals surface area contributed by atoms with Crippen LogP contribution in [0.25, 0.3) is 0 Å². The van der Waals surface area contributed by atoms with Gasteiger partial charge in [0, 0.05) is 39.7 Å². The number of hydrogen-bond acceptors (Lipinski definition) is 3. The van der Waals surface area contributed by atoms with E-state index in [1.165, 1.54) is 0 Å². The zero-order valence-corrected chi connectivity index (χ0v) is 12.5. The minimum absolute atomic E-state index is 0.0670. The quantitative estimate of drug-likeness (QED) is 0.785. The number of halogens is 2. The SMILES string of the molecule is O=C1C[C@H](CS(=O)(=O)Cl)CN1c1ccc(Br)cc1. The Morgan fingerprint density at radius 1 is 1.33 bits per heavy atom. The first-order valence-electron chi connectivity index (χ1n) is 5.33. The summed E-state index contributed by atoms with van der Waals surface area (Å²) in [7, 11) is 1.65. The van der Waals surface area contributed by atoms with E-state index >= 15 is 0 Å². The zero-order valence-electron chi connectivity index (χ0n) is 9.34. The van der Waals surface area contributed by atoms with Crippen molar-refractivity contribution in [3.05, 3.63) is 28.7 Å². The summed E-state index contributed by atoms with van der Waals surface area (Å²) < 4.78 is 23.0. The van der Waals surface area contributed by atoms with E-state index < -0.39 is 9.05 Å². The van der Waals surface area contributed by atoms with Gasteiger partial charge in [-0.05, 0) is 24.3 Å². The van der Waals surface area contributed by atoms with Gasteiger partial charge in [0.25, 0.3) is 0 Å². The van der Waals surface area contributed by atoms with Gasteiger partial charge in [0.2, 0.25) is 15.0 Å². The van der Waals surface area contributed by atoms with Crippen molar-refractivity contribution in [1.29, 1.82) is 0 Å². The van der Waals surface area contributed by atoms with Gasteiger partial charge in [0.1, 0.15) is 0 Å². The van der Waals surface area contributed by atoms with Crippen LogP contribution in [-0.2, 0) is 13.8 Å². The van der Waals surface area contributed by atoms with Gasteiger partial charge >= 0.3 is 0 Å². The molecular weight excluding hydrogens is 342 g/mol. The fraction of sp³-hybridized carbons (Fsp3) is 0.364. The summed E-state index contributed by atoms with van der Waals surface area (Å²) in [6, 6.07) is 7.32. The van der Waals surface area contributed by atoms with Crippen LogP contribution in [0.5, 0.6) is 0 Å². The van der Waals surface area contributed by atoms with Gasteiger partial charge < -0.3 is 4.90 Å². The van der Waals surface area contributed by atoms with Gasteiger partial charge in [-0.2, -0.15) is 0 Å². The molecule has 1 aromatic rings. The summed E-state index contributed by atoms with van der Waals surface area (Å²) in [5.74, 6) is -0.459. The van der Waals surface area contributed by atoms with Crippen LogP contribution in [0.4, 0.5) is 5.69 Å². The molecule has 0 radical (unpaired) electrons. The van der Waals surface area contributed by atoms with Crippen LogP contribution in [0, 0.1) is 5.92 Å². The zero-order chi connectivity index (χ0) is 13.3. The molecule has 1 saturated heterocycles. The van der Waals surface area contributed by atoms with Crippen molar-refractivity contribution in [1.82, 2.24) is 0 Å². The van der Waals surface area contributed by atoms with Crippen molar-refractivity contribution < 1.29 is 13.2 Å². The number of hydrogen-bond donors (Lipinski definition) is 0. The predicted molar refractivity (Wildman–Crippen MR) is 74.2 cm³/mol. The van der Waals surface area contributed by atoms with E-state index in [1.807, 2.05) is 24.3 Å². The Hall–Kier alpha value is -0.590. The van der Waals surface area contributed by atoms with Crippen molar-refractivity contribution >= 4 is 47.3 Å². The molecule has 1 amide bonds. The normalized spacial score (nSPS) is 20.4. The Kier molecular flexibility index (Phi) is 3.99. The van der Waals surface area contributed by atoms with E-state index in [2.05, 4.69) is 15.9 Å². The molecule has 1 aromatic carbocycles. The number of nitrogens with zero attached hydrogens (tertiary/aromatic N) is 1. The van der Waals surface area contributed by atoms with Gasteiger partial charge in [0.05, 0.1) is 5.75 Å². The molecule has 1 atom stereocenters. The topological polar surface area (TPSA) is 54.5 Å². The number of carbonyl (C=O) groups excluding carboxylic acids is 1. The van der Waals surface area contributed by atoms with Crippen molar-refractivity contribution in [2.24, 2.45) is 5.92 Å². The van der Waals surface area contributed by atoms with Crippen molar-refractivity contribution in [2.45, 2.75) is 6.42 Å². The van der Waals surface area contributed by atoms with E-state index in [0.29, 0.717) is 6.54 Å². The van der Waals surface area contributed by atoms with E-state index in [4.69, 9.17) is 10.7 Å². The molecule has 1 aliphatic heterocycles. The number of rotatable bonds is 3. The van der Waals surface area contributed by atoms with E-state index in [-0.39, 0.29) is 24.0 Å². The predicted octanol–water partition coefficient (Wildman–Crippen LogP) is 2.37. The maximum absolute atomic E-state index is 11.8. The second-order valence-electron chi connectivity index (χ2n) is 4.26. The summed E-state index contributed by atoms with van der Waals surface area (Å²) in [5.41, 5.74) is 0.776. The summed E-state index contributed by atoms with van der Waals surface area (Å²) in [4.78, 5) is 13.4. The molecule has 0 aromatic heterocycles. The minimum atomic E-state index is -3.56. The molecule has 4 nitrogen and oxygen atoms in total. The number of benzene rings is 1. The van der Waals surface area contributed by atoms with Crippen LogP contribution >= 0.6 is 26.6 Å². The van der Waals surface area contributed by atoms with Gasteiger partial charge in [-0.15, -0.1) is 0 Å². The number of anilines is 1. The molecule has 1 aliphatic rings. The molecule has 98 valence electrons. The highest BCUT2D eigenvalue weighted by Crippen LogP contribution is 2.27. The van der Waals surface area contributed by atoms with Crippen LogP contribution < -0.4 is 4.90 Å². The van der Waals surface area contributed by atoms with E-state index in [0.717, 1.165) is 10.2 Å². The van der Waals surface area contributed by atoms with Gasteiger partial charge in [-0.25, -0.2) is 8.42 Å². The minimum Gasteiger partial charge on any atom is -0.312 e. The van der Waals surface area contributed by atoms with E-state index in [9.17, 15) is 13.2 Å². The third-order valence-corrected chi connectivity index (χ3v) is 4.55. The standard InChI is InChI=1S/C11H11BrClNO3S/c12-9-1-3-10(4-2-9)14-6-8(5-11(14)15)7-18(13,16)17/h1-4,8H,5-7H2/t8-/m0/s1. The second kappa shape index (κ2) is 5.19. The summed E-state index contributed by atoms with van der Waals surface area (Å²) in [6.07, 6.45) is 0.224. The van der Waals surface area contributed by atoms with Crippen LogP contribution in [0.15, 0.2) is 28.7 Å². The average molecular weight is 353 g/mol. The number of amides is 1. The van der Waals surface area contributed by atoms with E-state index in [1.54, 1.807) is 4.90 Å². The molecule has 7 heteroatoms. The summed E-state index contributed by atoms with van der Waals surface area (Å²) in [5, 5.41) is 0. The van der Waals surface area contributed by atoms with Gasteiger partial charge in [-0.3, -0.25) is 4.79 Å².